The van der Waals surface area contributed by atoms with E-state index in [4.69, 9.17) is 19.4 Å². The highest BCUT2D eigenvalue weighted by Gasteiger charge is 2.51. The number of anilines is 1. The normalized spacial score (nSPS) is 23.8. The fourth-order valence-corrected chi connectivity index (χ4v) is 8.98. The Hall–Kier alpha value is -3.60. The van der Waals surface area contributed by atoms with Crippen LogP contribution in [0.3, 0.4) is 0 Å². The van der Waals surface area contributed by atoms with E-state index in [1.54, 1.807) is 18.2 Å². The van der Waals surface area contributed by atoms with Crippen molar-refractivity contribution >= 4 is 27.5 Å². The van der Waals surface area contributed by atoms with Crippen LogP contribution < -0.4 is 15.0 Å². The molecule has 3 aromatic carbocycles. The van der Waals surface area contributed by atoms with Gasteiger partial charge in [-0.15, -0.1) is 0 Å². The first-order valence-corrected chi connectivity index (χ1v) is 18.6. The van der Waals surface area contributed by atoms with Crippen LogP contribution in [0, 0.1) is 17.0 Å². The summed E-state index contributed by atoms with van der Waals surface area (Å²) >= 11 is 0. The molecule has 4 aromatic rings. The lowest BCUT2D eigenvalue weighted by Crippen LogP contribution is -2.51. The molecule has 50 heavy (non-hydrogen) atoms. The molecule has 2 saturated carbocycles. The Bertz CT molecular complexity index is 1980. The molecule has 2 atom stereocenters. The van der Waals surface area contributed by atoms with Crippen LogP contribution in [0.5, 0.6) is 11.8 Å². The van der Waals surface area contributed by atoms with Crippen molar-refractivity contribution in [3.05, 3.63) is 53.1 Å². The van der Waals surface area contributed by atoms with Crippen molar-refractivity contribution in [2.75, 3.05) is 50.8 Å². The van der Waals surface area contributed by atoms with E-state index < -0.39 is 5.82 Å². The summed E-state index contributed by atoms with van der Waals surface area (Å²) in [5.74, 6) is -0.216. The van der Waals surface area contributed by atoms with Gasteiger partial charge in [0, 0.05) is 61.2 Å². The fraction of sp³-hybridized carbons (Fsp3) is 0.550. The van der Waals surface area contributed by atoms with Crippen molar-refractivity contribution in [3.63, 3.8) is 0 Å². The standard InChI is InChI=1S/C40H47F2N5O3/c1-4-28-32(41)8-5-24-15-27(48)16-30(33(24)28)34-29(23(2)3)17-31-36(35(34)42)44-38(45-37(31)47-18-25-6-7-26(19-47)43-25)49-22-39(9-10-39)20-46-13-14-50-40(21-46)11-12-40/h5,8,15-17,23,25-26,43,48H,4,6-7,9-14,18-22H2,1-3H3. The van der Waals surface area contributed by atoms with Crippen LogP contribution in [0.2, 0.25) is 0 Å². The van der Waals surface area contributed by atoms with Crippen LogP contribution in [0.25, 0.3) is 32.8 Å². The van der Waals surface area contributed by atoms with E-state index in [2.05, 4.69) is 15.1 Å². The number of nitrogens with one attached hydrogen (secondary N) is 1. The number of aromatic nitrogens is 2. The molecule has 5 aliphatic rings. The van der Waals surface area contributed by atoms with Crippen LogP contribution in [0.4, 0.5) is 14.6 Å². The maximum atomic E-state index is 17.6. The molecule has 10 heteroatoms. The van der Waals surface area contributed by atoms with Gasteiger partial charge < -0.3 is 24.8 Å². The summed E-state index contributed by atoms with van der Waals surface area (Å²) in [5, 5.41) is 16.5. The number of hydrogen-bond donors (Lipinski definition) is 2. The SMILES string of the molecule is CCc1c(F)ccc2cc(O)cc(-c3c(C(C)C)cc4c(N5CC6CCC(C5)N6)nc(OCC5(CN6CCOC7(CC7)C6)CC5)nc4c3F)c12. The average molecular weight is 684 g/mol. The maximum Gasteiger partial charge on any atom is 0.319 e. The summed E-state index contributed by atoms with van der Waals surface area (Å²) in [6.07, 6.45) is 7.09. The number of hydrogen-bond acceptors (Lipinski definition) is 8. The molecule has 1 aromatic heterocycles. The summed E-state index contributed by atoms with van der Waals surface area (Å²) < 4.78 is 45.4. The Kier molecular flexibility index (Phi) is 7.75. The summed E-state index contributed by atoms with van der Waals surface area (Å²) in [6, 6.07) is 9.19. The third-order valence-electron chi connectivity index (χ3n) is 12.0. The molecule has 8 nitrogen and oxygen atoms in total. The molecule has 4 heterocycles. The zero-order valence-electron chi connectivity index (χ0n) is 29.3. The van der Waals surface area contributed by atoms with Gasteiger partial charge >= 0.3 is 6.01 Å². The zero-order valence-corrected chi connectivity index (χ0v) is 29.3. The van der Waals surface area contributed by atoms with Crippen LogP contribution in [0.1, 0.15) is 76.3 Å². The number of morpholine rings is 1. The van der Waals surface area contributed by atoms with Crippen molar-refractivity contribution in [2.24, 2.45) is 5.41 Å². The van der Waals surface area contributed by atoms with E-state index in [1.165, 1.54) is 6.07 Å². The Labute approximate surface area is 292 Å². The lowest BCUT2D eigenvalue weighted by molar-refractivity contribution is -0.0532. The van der Waals surface area contributed by atoms with E-state index in [0.29, 0.717) is 63.8 Å². The van der Waals surface area contributed by atoms with Gasteiger partial charge in [-0.2, -0.15) is 9.97 Å². The second kappa shape index (κ2) is 12.0. The number of ether oxygens (including phenoxy) is 2. The number of piperazine rings is 1. The van der Waals surface area contributed by atoms with Gasteiger partial charge in [-0.05, 0) is 103 Å². The van der Waals surface area contributed by atoms with Crippen LogP contribution >= 0.6 is 0 Å². The quantitative estimate of drug-likeness (QED) is 0.194. The second-order valence-corrected chi connectivity index (χ2v) is 16.1. The topological polar surface area (TPSA) is 83.0 Å². The highest BCUT2D eigenvalue weighted by Crippen LogP contribution is 2.49. The number of phenols is 1. The Morgan fingerprint density at radius 2 is 1.84 bits per heavy atom. The molecule has 5 fully saturated rings. The van der Waals surface area contributed by atoms with Crippen molar-refractivity contribution in [3.8, 4) is 22.9 Å². The van der Waals surface area contributed by atoms with E-state index in [1.807, 2.05) is 26.8 Å². The second-order valence-electron chi connectivity index (χ2n) is 16.1. The number of nitrogens with zero attached hydrogens (tertiary/aromatic N) is 4. The first kappa shape index (κ1) is 32.3. The van der Waals surface area contributed by atoms with Crippen LogP contribution in [-0.2, 0) is 11.2 Å². The average Bonchev–Trinajstić information content (AvgIpc) is 4.02. The molecule has 3 aliphatic heterocycles. The number of halogens is 2. The van der Waals surface area contributed by atoms with E-state index in [9.17, 15) is 5.11 Å². The molecule has 3 saturated heterocycles. The number of phenolic OH excluding ortho intramolecular Hbond substituents is 1. The predicted molar refractivity (Wildman–Crippen MR) is 191 cm³/mol. The van der Waals surface area contributed by atoms with Crippen LogP contribution in [-0.4, -0.2) is 83.6 Å². The number of benzene rings is 3. The smallest absolute Gasteiger partial charge is 0.319 e. The molecular weight excluding hydrogens is 636 g/mol. The summed E-state index contributed by atoms with van der Waals surface area (Å²) in [7, 11) is 0. The molecule has 0 radical (unpaired) electrons. The molecule has 264 valence electrons. The van der Waals surface area contributed by atoms with Gasteiger partial charge in [0.1, 0.15) is 22.9 Å². The molecule has 9 rings (SSSR count). The Morgan fingerprint density at radius 3 is 2.54 bits per heavy atom. The third-order valence-corrected chi connectivity index (χ3v) is 12.0. The van der Waals surface area contributed by atoms with Gasteiger partial charge in [0.15, 0.2) is 5.82 Å². The lowest BCUT2D eigenvalue weighted by Gasteiger charge is -2.35. The van der Waals surface area contributed by atoms with Crippen molar-refractivity contribution in [1.82, 2.24) is 20.2 Å². The van der Waals surface area contributed by atoms with E-state index in [0.717, 1.165) is 83.4 Å². The molecule has 2 unspecified atom stereocenters. The minimum Gasteiger partial charge on any atom is -0.508 e. The van der Waals surface area contributed by atoms with Gasteiger partial charge in [-0.3, -0.25) is 4.90 Å². The first-order chi connectivity index (χ1) is 24.1. The zero-order chi connectivity index (χ0) is 34.4. The third kappa shape index (κ3) is 5.67. The molecule has 2 aliphatic carbocycles. The minimum absolute atomic E-state index is 0.00154. The van der Waals surface area contributed by atoms with Crippen LogP contribution in [0.15, 0.2) is 30.3 Å². The number of rotatable bonds is 9. The molecule has 0 amide bonds. The highest BCUT2D eigenvalue weighted by molar-refractivity contribution is 6.04. The maximum absolute atomic E-state index is 17.6. The number of aryl methyl sites for hydroxylation is 1. The van der Waals surface area contributed by atoms with Crippen molar-refractivity contribution < 1.29 is 23.4 Å². The van der Waals surface area contributed by atoms with E-state index >= 15 is 8.78 Å². The fourth-order valence-electron chi connectivity index (χ4n) is 8.98. The van der Waals surface area contributed by atoms with Gasteiger partial charge in [0.2, 0.25) is 0 Å². The summed E-state index contributed by atoms with van der Waals surface area (Å²) in [6.45, 7) is 11.7. The molecule has 2 bridgehead atoms. The van der Waals surface area contributed by atoms with Gasteiger partial charge in [-0.25, -0.2) is 8.78 Å². The van der Waals surface area contributed by atoms with Gasteiger partial charge in [0.05, 0.1) is 18.8 Å². The Balaban J connectivity index is 1.16. The minimum atomic E-state index is -0.500. The molecule has 1 spiro atoms. The predicted octanol–water partition coefficient (Wildman–Crippen LogP) is 7.08. The Morgan fingerprint density at radius 1 is 1.06 bits per heavy atom. The molecular formula is C40H47F2N5O3. The lowest BCUT2D eigenvalue weighted by atomic mass is 9.86. The van der Waals surface area contributed by atoms with E-state index in [-0.39, 0.29) is 40.0 Å². The highest BCUT2D eigenvalue weighted by atomic mass is 19.1. The van der Waals surface area contributed by atoms with Gasteiger partial charge in [-0.1, -0.05) is 26.8 Å². The number of aromatic hydroxyl groups is 1. The summed E-state index contributed by atoms with van der Waals surface area (Å²) in [4.78, 5) is 14.7. The molecule has 2 N–H and O–H groups in total. The van der Waals surface area contributed by atoms with Crippen molar-refractivity contribution in [1.29, 1.82) is 0 Å². The number of fused-ring (bicyclic) bond motifs is 4. The monoisotopic (exact) mass is 683 g/mol. The van der Waals surface area contributed by atoms with Gasteiger partial charge in [0.25, 0.3) is 0 Å². The summed E-state index contributed by atoms with van der Waals surface area (Å²) in [5.41, 5.74) is 2.37. The first-order valence-electron chi connectivity index (χ1n) is 18.6. The largest absolute Gasteiger partial charge is 0.508 e. The van der Waals surface area contributed by atoms with Crippen molar-refractivity contribution in [2.45, 2.75) is 89.3 Å².